The molecule has 0 aromatic carbocycles. The van der Waals surface area contributed by atoms with Crippen LogP contribution >= 0.6 is 12.4 Å². The molecule has 1 aliphatic heterocycles. The average Bonchev–Trinajstić information content (AvgIpc) is 2.43. The van der Waals surface area contributed by atoms with E-state index in [4.69, 9.17) is 5.73 Å². The lowest BCUT2D eigenvalue weighted by atomic mass is 9.95. The highest BCUT2D eigenvalue weighted by molar-refractivity contribution is 5.87. The third-order valence-corrected chi connectivity index (χ3v) is 3.88. The molecule has 1 saturated heterocycles. The van der Waals surface area contributed by atoms with E-state index in [1.165, 1.54) is 6.42 Å². The molecular formula is C14H28ClN3O2. The van der Waals surface area contributed by atoms with Crippen LogP contribution in [0.4, 0.5) is 0 Å². The second kappa shape index (κ2) is 9.19. The first-order valence-corrected chi connectivity index (χ1v) is 7.26. The molecule has 1 fully saturated rings. The van der Waals surface area contributed by atoms with Crippen molar-refractivity contribution in [3.63, 3.8) is 0 Å². The number of nitrogens with one attached hydrogen (secondary N) is 1. The second-order valence-electron chi connectivity index (χ2n) is 5.74. The van der Waals surface area contributed by atoms with Gasteiger partial charge in [0.1, 0.15) is 0 Å². The summed E-state index contributed by atoms with van der Waals surface area (Å²) >= 11 is 0. The summed E-state index contributed by atoms with van der Waals surface area (Å²) in [6.45, 7) is 7.63. The van der Waals surface area contributed by atoms with Crippen LogP contribution in [0.3, 0.4) is 0 Å². The van der Waals surface area contributed by atoms with Crippen molar-refractivity contribution in [2.45, 2.75) is 46.1 Å². The molecule has 20 heavy (non-hydrogen) atoms. The SMILES string of the molecule is CCC1CCCN(C(=O)CNC(=O)[C@@H](N)C(C)C)C1.Cl. The molecule has 6 heteroatoms. The van der Waals surface area contributed by atoms with Crippen LogP contribution in [-0.2, 0) is 9.59 Å². The number of nitrogens with zero attached hydrogens (tertiary/aromatic N) is 1. The Hall–Kier alpha value is -0.810. The minimum atomic E-state index is -0.544. The van der Waals surface area contributed by atoms with Gasteiger partial charge in [-0.1, -0.05) is 27.2 Å². The quantitative estimate of drug-likeness (QED) is 0.800. The van der Waals surface area contributed by atoms with Gasteiger partial charge in [-0.2, -0.15) is 0 Å². The third kappa shape index (κ3) is 5.67. The van der Waals surface area contributed by atoms with E-state index in [-0.39, 0.29) is 36.7 Å². The van der Waals surface area contributed by atoms with E-state index in [0.717, 1.165) is 25.9 Å². The Morgan fingerprint density at radius 3 is 2.60 bits per heavy atom. The first-order chi connectivity index (χ1) is 8.95. The van der Waals surface area contributed by atoms with Gasteiger partial charge in [0, 0.05) is 13.1 Å². The molecule has 2 atom stereocenters. The Morgan fingerprint density at radius 1 is 1.40 bits per heavy atom. The first-order valence-electron chi connectivity index (χ1n) is 7.26. The van der Waals surface area contributed by atoms with Crippen LogP contribution in [0.15, 0.2) is 0 Å². The maximum Gasteiger partial charge on any atom is 0.241 e. The number of carbonyl (C=O) groups is 2. The van der Waals surface area contributed by atoms with E-state index in [2.05, 4.69) is 12.2 Å². The number of carbonyl (C=O) groups excluding carboxylic acids is 2. The lowest BCUT2D eigenvalue weighted by molar-refractivity contribution is -0.134. The molecule has 118 valence electrons. The Kier molecular flexibility index (Phi) is 8.81. The summed E-state index contributed by atoms with van der Waals surface area (Å²) in [7, 11) is 0. The minimum Gasteiger partial charge on any atom is -0.346 e. The molecule has 1 unspecified atom stereocenters. The van der Waals surface area contributed by atoms with Gasteiger partial charge in [-0.05, 0) is 24.7 Å². The van der Waals surface area contributed by atoms with Gasteiger partial charge >= 0.3 is 0 Å². The van der Waals surface area contributed by atoms with Gasteiger partial charge in [0.05, 0.1) is 12.6 Å². The fraction of sp³-hybridized carbons (Fsp3) is 0.857. The van der Waals surface area contributed by atoms with Crippen molar-refractivity contribution >= 4 is 24.2 Å². The van der Waals surface area contributed by atoms with Crippen LogP contribution in [0, 0.1) is 11.8 Å². The van der Waals surface area contributed by atoms with Crippen molar-refractivity contribution in [2.24, 2.45) is 17.6 Å². The highest BCUT2D eigenvalue weighted by atomic mass is 35.5. The van der Waals surface area contributed by atoms with Gasteiger partial charge in [-0.25, -0.2) is 0 Å². The summed E-state index contributed by atoms with van der Waals surface area (Å²) in [6.07, 6.45) is 3.36. The van der Waals surface area contributed by atoms with E-state index in [9.17, 15) is 9.59 Å². The molecule has 1 aliphatic rings. The zero-order chi connectivity index (χ0) is 14.4. The minimum absolute atomic E-state index is 0. The van der Waals surface area contributed by atoms with Gasteiger partial charge in [0.2, 0.25) is 11.8 Å². The molecule has 1 rings (SSSR count). The van der Waals surface area contributed by atoms with Crippen molar-refractivity contribution in [2.75, 3.05) is 19.6 Å². The number of hydrogen-bond acceptors (Lipinski definition) is 3. The number of nitrogens with two attached hydrogens (primary N) is 1. The van der Waals surface area contributed by atoms with Crippen molar-refractivity contribution in [1.82, 2.24) is 10.2 Å². The van der Waals surface area contributed by atoms with Gasteiger partial charge in [-0.3, -0.25) is 9.59 Å². The highest BCUT2D eigenvalue weighted by Gasteiger charge is 2.23. The van der Waals surface area contributed by atoms with Gasteiger partial charge in [0.25, 0.3) is 0 Å². The van der Waals surface area contributed by atoms with Crippen molar-refractivity contribution in [3.8, 4) is 0 Å². The molecule has 0 aliphatic carbocycles. The molecule has 0 bridgehead atoms. The van der Waals surface area contributed by atoms with Gasteiger partial charge in [-0.15, -0.1) is 12.4 Å². The van der Waals surface area contributed by atoms with Crippen LogP contribution in [0.25, 0.3) is 0 Å². The Morgan fingerprint density at radius 2 is 2.05 bits per heavy atom. The van der Waals surface area contributed by atoms with Crippen LogP contribution in [0.5, 0.6) is 0 Å². The molecule has 0 saturated carbocycles. The Balaban J connectivity index is 0.00000361. The largest absolute Gasteiger partial charge is 0.346 e. The molecule has 5 nitrogen and oxygen atoms in total. The maximum atomic E-state index is 12.0. The van der Waals surface area contributed by atoms with Crippen molar-refractivity contribution < 1.29 is 9.59 Å². The molecule has 3 N–H and O–H groups in total. The molecule has 0 aromatic heterocycles. The highest BCUT2D eigenvalue weighted by Crippen LogP contribution is 2.18. The van der Waals surface area contributed by atoms with Crippen molar-refractivity contribution in [1.29, 1.82) is 0 Å². The summed E-state index contributed by atoms with van der Waals surface area (Å²) < 4.78 is 0. The van der Waals surface area contributed by atoms with Crippen LogP contribution in [0.2, 0.25) is 0 Å². The van der Waals surface area contributed by atoms with Crippen LogP contribution in [-0.4, -0.2) is 42.4 Å². The number of amides is 2. The monoisotopic (exact) mass is 305 g/mol. The standard InChI is InChI=1S/C14H27N3O2.ClH/c1-4-11-6-5-7-17(9-11)12(18)8-16-14(19)13(15)10(2)3;/h10-11,13H,4-9,15H2,1-3H3,(H,16,19);1H/t11?,13-;/m0./s1. The number of hydrogen-bond donors (Lipinski definition) is 2. The lowest BCUT2D eigenvalue weighted by Crippen LogP contribution is -2.49. The normalized spacial score (nSPS) is 20.2. The smallest absolute Gasteiger partial charge is 0.241 e. The fourth-order valence-electron chi connectivity index (χ4n) is 2.32. The van der Waals surface area contributed by atoms with Crippen molar-refractivity contribution in [3.05, 3.63) is 0 Å². The fourth-order valence-corrected chi connectivity index (χ4v) is 2.32. The summed E-state index contributed by atoms with van der Waals surface area (Å²) in [5.74, 6) is 0.441. The summed E-state index contributed by atoms with van der Waals surface area (Å²) in [4.78, 5) is 25.6. The molecule has 0 spiro atoms. The van der Waals surface area contributed by atoms with E-state index in [1.54, 1.807) is 0 Å². The van der Waals surface area contributed by atoms with E-state index in [0.29, 0.717) is 5.92 Å². The van der Waals surface area contributed by atoms with E-state index >= 15 is 0 Å². The predicted molar refractivity (Wildman–Crippen MR) is 82.7 cm³/mol. The van der Waals surface area contributed by atoms with E-state index < -0.39 is 6.04 Å². The van der Waals surface area contributed by atoms with Gasteiger partial charge < -0.3 is 16.0 Å². The lowest BCUT2D eigenvalue weighted by Gasteiger charge is -2.32. The zero-order valence-corrected chi connectivity index (χ0v) is 13.5. The Bertz CT molecular complexity index is 324. The number of piperidine rings is 1. The first kappa shape index (κ1) is 19.2. The molecular weight excluding hydrogens is 278 g/mol. The average molecular weight is 306 g/mol. The summed E-state index contributed by atoms with van der Waals surface area (Å²) in [6, 6.07) is -0.544. The summed E-state index contributed by atoms with van der Waals surface area (Å²) in [5.41, 5.74) is 5.73. The number of rotatable bonds is 5. The second-order valence-corrected chi connectivity index (χ2v) is 5.74. The Labute approximate surface area is 128 Å². The molecule has 2 amide bonds. The van der Waals surface area contributed by atoms with Crippen LogP contribution < -0.4 is 11.1 Å². The topological polar surface area (TPSA) is 75.4 Å². The van der Waals surface area contributed by atoms with Crippen LogP contribution in [0.1, 0.15) is 40.0 Å². The van der Waals surface area contributed by atoms with E-state index in [1.807, 2.05) is 18.7 Å². The zero-order valence-electron chi connectivity index (χ0n) is 12.7. The number of halogens is 1. The summed E-state index contributed by atoms with van der Waals surface area (Å²) in [5, 5.41) is 2.64. The predicted octanol–water partition coefficient (Wildman–Crippen LogP) is 1.16. The molecule has 0 radical (unpaired) electrons. The maximum absolute atomic E-state index is 12.0. The molecule has 0 aromatic rings. The molecule has 1 heterocycles. The van der Waals surface area contributed by atoms with Gasteiger partial charge in [0.15, 0.2) is 0 Å². The third-order valence-electron chi connectivity index (χ3n) is 3.88. The number of likely N-dealkylation sites (tertiary alicyclic amines) is 1.